The Kier molecular flexibility index (Phi) is 7.34. The standard InChI is InChI=1S/C11H19N3OS.ClH/c1-4-5-8(12)10(15)14-11-13-9(6-16-11)7(2)3;/h6-8H,4-5,12H2,1-3H3,(H,13,14,15);1H. The van der Waals surface area contributed by atoms with E-state index in [0.717, 1.165) is 12.1 Å². The third-order valence-electron chi connectivity index (χ3n) is 2.28. The van der Waals surface area contributed by atoms with Crippen LogP contribution in [0.1, 0.15) is 45.2 Å². The van der Waals surface area contributed by atoms with Gasteiger partial charge < -0.3 is 11.1 Å². The first kappa shape index (κ1) is 16.4. The Bertz CT molecular complexity index is 354. The predicted octanol–water partition coefficient (Wildman–Crippen LogP) is 2.75. The van der Waals surface area contributed by atoms with Crippen LogP contribution in [0.15, 0.2) is 5.38 Å². The number of rotatable bonds is 5. The van der Waals surface area contributed by atoms with Gasteiger partial charge in [0.1, 0.15) is 0 Å². The molecule has 1 unspecified atom stereocenters. The van der Waals surface area contributed by atoms with E-state index in [-0.39, 0.29) is 18.3 Å². The highest BCUT2D eigenvalue weighted by Gasteiger charge is 2.14. The maximum Gasteiger partial charge on any atom is 0.243 e. The number of halogens is 1. The number of amides is 1. The van der Waals surface area contributed by atoms with Crippen LogP contribution in [0.4, 0.5) is 5.13 Å². The molecule has 1 atom stereocenters. The fourth-order valence-corrected chi connectivity index (χ4v) is 2.12. The van der Waals surface area contributed by atoms with Crippen molar-refractivity contribution in [2.24, 2.45) is 5.73 Å². The van der Waals surface area contributed by atoms with E-state index in [1.165, 1.54) is 11.3 Å². The average molecular weight is 278 g/mol. The van der Waals surface area contributed by atoms with Gasteiger partial charge >= 0.3 is 0 Å². The van der Waals surface area contributed by atoms with E-state index in [2.05, 4.69) is 24.1 Å². The molecule has 0 aliphatic rings. The van der Waals surface area contributed by atoms with Crippen molar-refractivity contribution in [1.82, 2.24) is 4.98 Å². The topological polar surface area (TPSA) is 68.0 Å². The molecule has 0 fully saturated rings. The van der Waals surface area contributed by atoms with Gasteiger partial charge in [0, 0.05) is 5.38 Å². The number of hydrogen-bond acceptors (Lipinski definition) is 4. The highest BCUT2D eigenvalue weighted by molar-refractivity contribution is 7.13. The number of anilines is 1. The van der Waals surface area contributed by atoms with Crippen molar-refractivity contribution in [2.45, 2.75) is 45.6 Å². The summed E-state index contributed by atoms with van der Waals surface area (Å²) in [6, 6.07) is -0.434. The Labute approximate surface area is 112 Å². The minimum absolute atomic E-state index is 0. The Morgan fingerprint density at radius 1 is 1.59 bits per heavy atom. The molecule has 1 aromatic heterocycles. The lowest BCUT2D eigenvalue weighted by Gasteiger charge is -2.08. The Morgan fingerprint density at radius 2 is 2.24 bits per heavy atom. The molecule has 4 nitrogen and oxygen atoms in total. The molecule has 17 heavy (non-hydrogen) atoms. The summed E-state index contributed by atoms with van der Waals surface area (Å²) in [6.45, 7) is 6.15. The van der Waals surface area contributed by atoms with Crippen molar-refractivity contribution < 1.29 is 4.79 Å². The summed E-state index contributed by atoms with van der Waals surface area (Å²) < 4.78 is 0. The summed E-state index contributed by atoms with van der Waals surface area (Å²) >= 11 is 1.44. The van der Waals surface area contributed by atoms with Crippen molar-refractivity contribution >= 4 is 34.8 Å². The summed E-state index contributed by atoms with van der Waals surface area (Å²) in [5.74, 6) is 0.234. The lowest BCUT2D eigenvalue weighted by atomic mass is 10.2. The summed E-state index contributed by atoms with van der Waals surface area (Å²) in [6.07, 6.45) is 1.61. The molecule has 6 heteroatoms. The van der Waals surface area contributed by atoms with E-state index >= 15 is 0 Å². The maximum absolute atomic E-state index is 11.6. The van der Waals surface area contributed by atoms with Gasteiger partial charge in [-0.05, 0) is 12.3 Å². The van der Waals surface area contributed by atoms with E-state index < -0.39 is 6.04 Å². The van der Waals surface area contributed by atoms with Crippen LogP contribution in [0.25, 0.3) is 0 Å². The van der Waals surface area contributed by atoms with Gasteiger partial charge in [0.05, 0.1) is 11.7 Å². The molecule has 0 bridgehead atoms. The Hall–Kier alpha value is -0.650. The van der Waals surface area contributed by atoms with Gasteiger partial charge in [0.15, 0.2) is 5.13 Å². The first-order chi connectivity index (χ1) is 7.54. The molecule has 1 amide bonds. The smallest absolute Gasteiger partial charge is 0.243 e. The van der Waals surface area contributed by atoms with E-state index in [1.807, 2.05) is 12.3 Å². The maximum atomic E-state index is 11.6. The molecular formula is C11H20ClN3OS. The minimum atomic E-state index is -0.434. The summed E-state index contributed by atoms with van der Waals surface area (Å²) in [5.41, 5.74) is 6.71. The van der Waals surface area contributed by atoms with E-state index in [0.29, 0.717) is 17.5 Å². The minimum Gasteiger partial charge on any atom is -0.320 e. The molecule has 0 aliphatic carbocycles. The first-order valence-corrected chi connectivity index (χ1v) is 6.44. The number of nitrogens with zero attached hydrogens (tertiary/aromatic N) is 1. The predicted molar refractivity (Wildman–Crippen MR) is 75.0 cm³/mol. The van der Waals surface area contributed by atoms with Crippen LogP contribution in [-0.4, -0.2) is 16.9 Å². The number of nitrogens with one attached hydrogen (secondary N) is 1. The molecule has 98 valence electrons. The number of carbonyl (C=O) groups excluding carboxylic acids is 1. The third kappa shape index (κ3) is 5.02. The quantitative estimate of drug-likeness (QED) is 0.870. The van der Waals surface area contributed by atoms with Crippen LogP contribution in [0.5, 0.6) is 0 Å². The number of hydrogen-bond donors (Lipinski definition) is 2. The molecule has 1 aromatic rings. The van der Waals surface area contributed by atoms with Crippen LogP contribution < -0.4 is 11.1 Å². The molecular weight excluding hydrogens is 258 g/mol. The Balaban J connectivity index is 0.00000256. The molecule has 0 aromatic carbocycles. The molecule has 0 radical (unpaired) electrons. The first-order valence-electron chi connectivity index (χ1n) is 5.56. The molecule has 0 spiro atoms. The largest absolute Gasteiger partial charge is 0.320 e. The third-order valence-corrected chi connectivity index (χ3v) is 3.06. The van der Waals surface area contributed by atoms with Gasteiger partial charge in [-0.25, -0.2) is 4.98 Å². The van der Waals surface area contributed by atoms with Crippen LogP contribution in [-0.2, 0) is 4.79 Å². The number of carbonyl (C=O) groups is 1. The molecule has 0 aliphatic heterocycles. The monoisotopic (exact) mass is 277 g/mol. The van der Waals surface area contributed by atoms with Gasteiger partial charge in [0.25, 0.3) is 0 Å². The SMILES string of the molecule is CCCC(N)C(=O)Nc1nc(C(C)C)cs1.Cl. The second-order valence-electron chi connectivity index (χ2n) is 4.12. The van der Waals surface area contributed by atoms with Gasteiger partial charge in [-0.15, -0.1) is 23.7 Å². The zero-order valence-corrected chi connectivity index (χ0v) is 12.0. The molecule has 0 saturated heterocycles. The number of aromatic nitrogens is 1. The summed E-state index contributed by atoms with van der Waals surface area (Å²) in [4.78, 5) is 15.9. The number of thiazole rings is 1. The summed E-state index contributed by atoms with van der Waals surface area (Å²) in [5, 5.41) is 5.35. The van der Waals surface area contributed by atoms with Crippen molar-refractivity contribution in [1.29, 1.82) is 0 Å². The molecule has 1 rings (SSSR count). The second-order valence-corrected chi connectivity index (χ2v) is 4.97. The highest BCUT2D eigenvalue weighted by Crippen LogP contribution is 2.21. The molecule has 0 saturated carbocycles. The van der Waals surface area contributed by atoms with Gasteiger partial charge in [-0.1, -0.05) is 27.2 Å². The lowest BCUT2D eigenvalue weighted by Crippen LogP contribution is -2.35. The normalized spacial score (nSPS) is 12.1. The fourth-order valence-electron chi connectivity index (χ4n) is 1.25. The lowest BCUT2D eigenvalue weighted by molar-refractivity contribution is -0.117. The van der Waals surface area contributed by atoms with E-state index in [4.69, 9.17) is 5.73 Å². The van der Waals surface area contributed by atoms with Gasteiger partial charge in [-0.3, -0.25) is 4.79 Å². The van der Waals surface area contributed by atoms with Crippen molar-refractivity contribution in [2.75, 3.05) is 5.32 Å². The van der Waals surface area contributed by atoms with Crippen LogP contribution >= 0.6 is 23.7 Å². The van der Waals surface area contributed by atoms with Crippen LogP contribution in [0.2, 0.25) is 0 Å². The van der Waals surface area contributed by atoms with Crippen molar-refractivity contribution in [3.05, 3.63) is 11.1 Å². The fraction of sp³-hybridized carbons (Fsp3) is 0.636. The summed E-state index contributed by atoms with van der Waals surface area (Å²) in [7, 11) is 0. The van der Waals surface area contributed by atoms with Gasteiger partial charge in [-0.2, -0.15) is 0 Å². The van der Waals surface area contributed by atoms with Crippen LogP contribution in [0, 0.1) is 0 Å². The molecule has 1 heterocycles. The van der Waals surface area contributed by atoms with E-state index in [9.17, 15) is 4.79 Å². The highest BCUT2D eigenvalue weighted by atomic mass is 35.5. The van der Waals surface area contributed by atoms with Crippen molar-refractivity contribution in [3.8, 4) is 0 Å². The molecule has 3 N–H and O–H groups in total. The van der Waals surface area contributed by atoms with Crippen molar-refractivity contribution in [3.63, 3.8) is 0 Å². The zero-order valence-electron chi connectivity index (χ0n) is 10.4. The zero-order chi connectivity index (χ0) is 12.1. The van der Waals surface area contributed by atoms with Crippen LogP contribution in [0.3, 0.4) is 0 Å². The average Bonchev–Trinajstić information content (AvgIpc) is 2.66. The van der Waals surface area contributed by atoms with E-state index in [1.54, 1.807) is 0 Å². The Morgan fingerprint density at radius 3 is 2.71 bits per heavy atom. The van der Waals surface area contributed by atoms with Gasteiger partial charge in [0.2, 0.25) is 5.91 Å². The second kappa shape index (κ2) is 7.63. The number of nitrogens with two attached hydrogens (primary N) is 1.